The summed E-state index contributed by atoms with van der Waals surface area (Å²) in [5.41, 5.74) is 4.41. The van der Waals surface area contributed by atoms with E-state index in [9.17, 15) is 5.11 Å². The van der Waals surface area contributed by atoms with Crippen molar-refractivity contribution in [3.63, 3.8) is 0 Å². The van der Waals surface area contributed by atoms with E-state index in [2.05, 4.69) is 67.3 Å². The Labute approximate surface area is 145 Å². The van der Waals surface area contributed by atoms with Crippen LogP contribution in [0.3, 0.4) is 0 Å². The molecule has 0 amide bonds. The van der Waals surface area contributed by atoms with Gasteiger partial charge in [0.15, 0.2) is 0 Å². The lowest BCUT2D eigenvalue weighted by Gasteiger charge is -2.44. The molecule has 0 saturated carbocycles. The zero-order valence-corrected chi connectivity index (χ0v) is 14.7. The molecular weight excluding hydrogens is 294 g/mol. The Morgan fingerprint density at radius 2 is 1.62 bits per heavy atom. The molecular formula is C22H27NO. The summed E-state index contributed by atoms with van der Waals surface area (Å²) >= 11 is 0. The zero-order chi connectivity index (χ0) is 16.7. The highest BCUT2D eigenvalue weighted by Crippen LogP contribution is 2.47. The molecule has 1 N–H and O–H groups in total. The molecule has 2 nitrogen and oxygen atoms in total. The molecule has 2 aliphatic heterocycles. The van der Waals surface area contributed by atoms with Gasteiger partial charge in [0.1, 0.15) is 0 Å². The van der Waals surface area contributed by atoms with Crippen molar-refractivity contribution in [1.82, 2.24) is 4.90 Å². The number of aryl methyl sites for hydroxylation is 1. The summed E-state index contributed by atoms with van der Waals surface area (Å²) in [5, 5.41) is 11.5. The van der Waals surface area contributed by atoms with E-state index >= 15 is 0 Å². The topological polar surface area (TPSA) is 23.5 Å². The molecule has 2 aliphatic rings. The Balaban J connectivity index is 1.59. The molecule has 2 aromatic carbocycles. The standard InChI is InChI=1S/C22H27NO/c1-16-7-6-10-21(17(16)2)22(24)13-19-11-12-20(14-22)23(19)15-18-8-4-3-5-9-18/h3-10,19-20,24H,11-15H2,1-2H3. The Morgan fingerprint density at radius 3 is 2.29 bits per heavy atom. The van der Waals surface area contributed by atoms with Gasteiger partial charge in [-0.3, -0.25) is 4.90 Å². The smallest absolute Gasteiger partial charge is 0.0929 e. The largest absolute Gasteiger partial charge is 0.385 e. The van der Waals surface area contributed by atoms with E-state index < -0.39 is 5.60 Å². The Kier molecular flexibility index (Phi) is 3.98. The average molecular weight is 321 g/mol. The van der Waals surface area contributed by atoms with E-state index in [4.69, 9.17) is 0 Å². The summed E-state index contributed by atoms with van der Waals surface area (Å²) in [5.74, 6) is 0. The summed E-state index contributed by atoms with van der Waals surface area (Å²) in [6.07, 6.45) is 4.15. The molecule has 0 radical (unpaired) electrons. The molecule has 2 bridgehead atoms. The Hall–Kier alpha value is -1.64. The van der Waals surface area contributed by atoms with Gasteiger partial charge >= 0.3 is 0 Å². The molecule has 2 heteroatoms. The minimum absolute atomic E-state index is 0.494. The van der Waals surface area contributed by atoms with Gasteiger partial charge in [-0.1, -0.05) is 48.5 Å². The highest BCUT2D eigenvalue weighted by molar-refractivity contribution is 5.38. The molecule has 126 valence electrons. The summed E-state index contributed by atoms with van der Waals surface area (Å²) in [6, 6.07) is 18.1. The monoisotopic (exact) mass is 321 g/mol. The second-order valence-corrected chi connectivity index (χ2v) is 7.73. The second kappa shape index (κ2) is 6.02. The fraction of sp³-hybridized carbons (Fsp3) is 0.455. The molecule has 0 aliphatic carbocycles. The molecule has 2 aromatic rings. The van der Waals surface area contributed by atoms with E-state index in [1.54, 1.807) is 0 Å². The maximum atomic E-state index is 11.5. The number of benzene rings is 2. The minimum Gasteiger partial charge on any atom is -0.385 e. The lowest BCUT2D eigenvalue weighted by molar-refractivity contribution is -0.0599. The van der Waals surface area contributed by atoms with Crippen LogP contribution in [0, 0.1) is 13.8 Å². The number of nitrogens with zero attached hydrogens (tertiary/aromatic N) is 1. The van der Waals surface area contributed by atoms with Crippen molar-refractivity contribution in [3.8, 4) is 0 Å². The molecule has 2 fully saturated rings. The van der Waals surface area contributed by atoms with Gasteiger partial charge in [0.05, 0.1) is 5.60 Å². The van der Waals surface area contributed by atoms with Crippen LogP contribution in [0.1, 0.15) is 47.9 Å². The van der Waals surface area contributed by atoms with E-state index in [1.165, 1.54) is 29.5 Å². The van der Waals surface area contributed by atoms with Gasteiger partial charge in [0.2, 0.25) is 0 Å². The molecule has 4 rings (SSSR count). The van der Waals surface area contributed by atoms with Gasteiger partial charge < -0.3 is 5.11 Å². The zero-order valence-electron chi connectivity index (χ0n) is 14.7. The third kappa shape index (κ3) is 2.68. The van der Waals surface area contributed by atoms with Crippen molar-refractivity contribution in [2.24, 2.45) is 0 Å². The van der Waals surface area contributed by atoms with Crippen molar-refractivity contribution in [3.05, 3.63) is 70.8 Å². The Bertz CT molecular complexity index is 710. The van der Waals surface area contributed by atoms with Crippen LogP contribution in [0.15, 0.2) is 48.5 Å². The first kappa shape index (κ1) is 15.9. The maximum Gasteiger partial charge on any atom is 0.0929 e. The minimum atomic E-state index is -0.658. The molecule has 2 heterocycles. The summed E-state index contributed by atoms with van der Waals surface area (Å²) in [7, 11) is 0. The first-order chi connectivity index (χ1) is 11.6. The first-order valence-corrected chi connectivity index (χ1v) is 9.15. The number of aliphatic hydroxyl groups is 1. The number of rotatable bonds is 3. The van der Waals surface area contributed by atoms with E-state index in [-0.39, 0.29) is 0 Å². The fourth-order valence-corrected chi connectivity index (χ4v) is 4.84. The molecule has 2 atom stereocenters. The lowest BCUT2D eigenvalue weighted by atomic mass is 9.78. The van der Waals surface area contributed by atoms with E-state index in [0.29, 0.717) is 12.1 Å². The number of hydrogen-bond acceptors (Lipinski definition) is 2. The van der Waals surface area contributed by atoms with Gasteiger partial charge in [-0.2, -0.15) is 0 Å². The van der Waals surface area contributed by atoms with E-state index in [1.807, 2.05) is 0 Å². The van der Waals surface area contributed by atoms with Crippen LogP contribution >= 0.6 is 0 Å². The summed E-state index contributed by atoms with van der Waals surface area (Å²) in [6.45, 7) is 5.31. The Morgan fingerprint density at radius 1 is 0.958 bits per heavy atom. The number of piperidine rings is 1. The highest BCUT2D eigenvalue weighted by atomic mass is 16.3. The van der Waals surface area contributed by atoms with Gasteiger partial charge in [-0.15, -0.1) is 0 Å². The number of hydrogen-bond donors (Lipinski definition) is 1. The molecule has 0 aromatic heterocycles. The first-order valence-electron chi connectivity index (χ1n) is 9.15. The van der Waals surface area contributed by atoms with Crippen LogP contribution < -0.4 is 0 Å². The van der Waals surface area contributed by atoms with Crippen LogP contribution in [0.2, 0.25) is 0 Å². The van der Waals surface area contributed by atoms with E-state index in [0.717, 1.165) is 24.9 Å². The quantitative estimate of drug-likeness (QED) is 0.910. The SMILES string of the molecule is Cc1cccc(C2(O)CC3CCC(C2)N3Cc2ccccc2)c1C. The lowest BCUT2D eigenvalue weighted by Crippen LogP contribution is -2.49. The van der Waals surface area contributed by atoms with Gasteiger partial charge in [-0.05, 0) is 61.8 Å². The molecule has 0 spiro atoms. The fourth-order valence-electron chi connectivity index (χ4n) is 4.84. The van der Waals surface area contributed by atoms with Crippen LogP contribution in [0.5, 0.6) is 0 Å². The van der Waals surface area contributed by atoms with Crippen molar-refractivity contribution >= 4 is 0 Å². The normalized spacial score (nSPS) is 29.8. The van der Waals surface area contributed by atoms with Crippen LogP contribution in [-0.4, -0.2) is 22.1 Å². The van der Waals surface area contributed by atoms with Gasteiger partial charge in [0.25, 0.3) is 0 Å². The van der Waals surface area contributed by atoms with Crippen molar-refractivity contribution in [1.29, 1.82) is 0 Å². The molecule has 2 saturated heterocycles. The van der Waals surface area contributed by atoms with Crippen LogP contribution in [0.4, 0.5) is 0 Å². The molecule has 24 heavy (non-hydrogen) atoms. The second-order valence-electron chi connectivity index (χ2n) is 7.73. The molecule has 2 unspecified atom stereocenters. The summed E-state index contributed by atoms with van der Waals surface area (Å²) < 4.78 is 0. The average Bonchev–Trinajstić information content (AvgIpc) is 2.82. The number of fused-ring (bicyclic) bond motifs is 2. The maximum absolute atomic E-state index is 11.5. The predicted octanol–water partition coefficient (Wildman–Crippen LogP) is 4.32. The highest BCUT2D eigenvalue weighted by Gasteiger charge is 2.48. The van der Waals surface area contributed by atoms with Crippen LogP contribution in [-0.2, 0) is 12.1 Å². The van der Waals surface area contributed by atoms with Crippen molar-refractivity contribution in [2.75, 3.05) is 0 Å². The van der Waals surface area contributed by atoms with Gasteiger partial charge in [-0.25, -0.2) is 0 Å². The predicted molar refractivity (Wildman–Crippen MR) is 97.8 cm³/mol. The van der Waals surface area contributed by atoms with Crippen molar-refractivity contribution < 1.29 is 5.11 Å². The van der Waals surface area contributed by atoms with Gasteiger partial charge in [0, 0.05) is 18.6 Å². The van der Waals surface area contributed by atoms with Crippen LogP contribution in [0.25, 0.3) is 0 Å². The summed E-state index contributed by atoms with van der Waals surface area (Å²) in [4.78, 5) is 2.63. The van der Waals surface area contributed by atoms with Crippen molar-refractivity contribution in [2.45, 2.75) is 63.8 Å². The third-order valence-electron chi connectivity index (χ3n) is 6.23. The third-order valence-corrected chi connectivity index (χ3v) is 6.23.